The fraction of sp³-hybridized carbons (Fsp3) is 0.737. The summed E-state index contributed by atoms with van der Waals surface area (Å²) in [4.78, 5) is 22.9. The van der Waals surface area contributed by atoms with Gasteiger partial charge in [0.05, 0.1) is 0 Å². The average molecular weight is 347 g/mol. The summed E-state index contributed by atoms with van der Waals surface area (Å²) < 4.78 is 11.4. The Labute approximate surface area is 149 Å². The van der Waals surface area contributed by atoms with Gasteiger partial charge in [0, 0.05) is 31.8 Å². The molecule has 0 spiro atoms. The number of amides is 1. The van der Waals surface area contributed by atoms with Crippen molar-refractivity contribution in [2.75, 3.05) is 13.1 Å². The molecular formula is C19H29N3O3. The molecule has 1 amide bonds. The fourth-order valence-electron chi connectivity index (χ4n) is 3.47. The average Bonchev–Trinajstić information content (AvgIpc) is 3.18. The lowest BCUT2D eigenvalue weighted by Gasteiger charge is -2.24. The van der Waals surface area contributed by atoms with Crippen LogP contribution in [-0.4, -0.2) is 45.8 Å². The van der Waals surface area contributed by atoms with Gasteiger partial charge in [0.25, 0.3) is 0 Å². The zero-order chi connectivity index (χ0) is 17.9. The monoisotopic (exact) mass is 347 g/mol. The Hall–Kier alpha value is -1.85. The summed E-state index contributed by atoms with van der Waals surface area (Å²) in [5.74, 6) is 1.85. The molecule has 1 aromatic rings. The summed E-state index contributed by atoms with van der Waals surface area (Å²) >= 11 is 0. The number of carbonyl (C=O) groups is 1. The van der Waals surface area contributed by atoms with Gasteiger partial charge >= 0.3 is 6.09 Å². The third-order valence-electron chi connectivity index (χ3n) is 4.68. The van der Waals surface area contributed by atoms with E-state index in [1.54, 1.807) is 11.1 Å². The zero-order valence-corrected chi connectivity index (χ0v) is 15.5. The topological polar surface area (TPSA) is 64.5 Å². The number of ether oxygens (including phenoxy) is 2. The van der Waals surface area contributed by atoms with Crippen molar-refractivity contribution in [2.24, 2.45) is 5.92 Å². The zero-order valence-electron chi connectivity index (χ0n) is 15.5. The van der Waals surface area contributed by atoms with Gasteiger partial charge in [0.1, 0.15) is 17.5 Å². The predicted molar refractivity (Wildman–Crippen MR) is 94.5 cm³/mol. The van der Waals surface area contributed by atoms with Crippen LogP contribution in [0.15, 0.2) is 12.3 Å². The standard InChI is InChI=1S/C19H29N3O3/c1-19(2,3)25-18(23)22-11-9-14(13-22)12-16-20-10-8-17(21-16)24-15-6-4-5-7-15/h8,10,14-15H,4-7,9,11-13H2,1-3H3/t14-/m0/s1. The highest BCUT2D eigenvalue weighted by molar-refractivity contribution is 5.68. The Balaban J connectivity index is 1.52. The molecule has 0 aromatic carbocycles. The van der Waals surface area contributed by atoms with Gasteiger partial charge in [-0.2, -0.15) is 4.98 Å². The summed E-state index contributed by atoms with van der Waals surface area (Å²) in [6.45, 7) is 7.11. The SMILES string of the molecule is CC(C)(C)OC(=O)N1CC[C@@H](Cc2nccc(OC3CCCC3)n2)C1. The van der Waals surface area contributed by atoms with Crippen LogP contribution in [0.1, 0.15) is 58.7 Å². The Morgan fingerprint density at radius 1 is 1.28 bits per heavy atom. The van der Waals surface area contributed by atoms with Crippen molar-refractivity contribution in [1.29, 1.82) is 0 Å². The van der Waals surface area contributed by atoms with Gasteiger partial charge in [-0.25, -0.2) is 9.78 Å². The number of aromatic nitrogens is 2. The molecule has 1 saturated carbocycles. The number of carbonyl (C=O) groups excluding carboxylic acids is 1. The Morgan fingerprint density at radius 3 is 2.76 bits per heavy atom. The van der Waals surface area contributed by atoms with E-state index in [0.717, 1.165) is 38.1 Å². The van der Waals surface area contributed by atoms with E-state index in [1.807, 2.05) is 26.8 Å². The van der Waals surface area contributed by atoms with Crippen molar-refractivity contribution in [2.45, 2.75) is 71.0 Å². The van der Waals surface area contributed by atoms with Crippen LogP contribution in [0.3, 0.4) is 0 Å². The lowest BCUT2D eigenvalue weighted by molar-refractivity contribution is 0.0288. The highest BCUT2D eigenvalue weighted by atomic mass is 16.6. The van der Waals surface area contributed by atoms with Crippen molar-refractivity contribution in [3.8, 4) is 5.88 Å². The van der Waals surface area contributed by atoms with E-state index < -0.39 is 5.60 Å². The number of hydrogen-bond acceptors (Lipinski definition) is 5. The van der Waals surface area contributed by atoms with Gasteiger partial charge < -0.3 is 14.4 Å². The smallest absolute Gasteiger partial charge is 0.410 e. The molecule has 2 aliphatic rings. The molecule has 0 bridgehead atoms. The largest absolute Gasteiger partial charge is 0.474 e. The lowest BCUT2D eigenvalue weighted by atomic mass is 10.0. The summed E-state index contributed by atoms with van der Waals surface area (Å²) in [6.07, 6.45) is 8.28. The number of rotatable bonds is 4. The quantitative estimate of drug-likeness (QED) is 0.833. The molecule has 6 heteroatoms. The molecule has 1 aromatic heterocycles. The van der Waals surface area contributed by atoms with Crippen LogP contribution in [0.2, 0.25) is 0 Å². The number of likely N-dealkylation sites (tertiary alicyclic amines) is 1. The summed E-state index contributed by atoms with van der Waals surface area (Å²) in [5, 5.41) is 0. The molecule has 138 valence electrons. The van der Waals surface area contributed by atoms with Crippen molar-refractivity contribution in [3.05, 3.63) is 18.1 Å². The first-order valence-corrected chi connectivity index (χ1v) is 9.35. The van der Waals surface area contributed by atoms with Gasteiger partial charge in [-0.05, 0) is 58.8 Å². The van der Waals surface area contributed by atoms with E-state index in [1.165, 1.54) is 12.8 Å². The van der Waals surface area contributed by atoms with Crippen LogP contribution in [-0.2, 0) is 11.2 Å². The minimum atomic E-state index is -0.454. The number of nitrogens with zero attached hydrogens (tertiary/aromatic N) is 3. The molecule has 0 unspecified atom stereocenters. The maximum atomic E-state index is 12.2. The number of hydrogen-bond donors (Lipinski definition) is 0. The second-order valence-electron chi connectivity index (χ2n) is 8.12. The molecule has 3 rings (SSSR count). The summed E-state index contributed by atoms with van der Waals surface area (Å²) in [6, 6.07) is 1.84. The molecular weight excluding hydrogens is 318 g/mol. The van der Waals surface area contributed by atoms with E-state index in [4.69, 9.17) is 9.47 Å². The van der Waals surface area contributed by atoms with E-state index >= 15 is 0 Å². The van der Waals surface area contributed by atoms with Gasteiger partial charge in [-0.1, -0.05) is 0 Å². The molecule has 0 N–H and O–H groups in total. The molecule has 1 saturated heterocycles. The molecule has 2 heterocycles. The van der Waals surface area contributed by atoms with Gasteiger partial charge in [-0.3, -0.25) is 0 Å². The van der Waals surface area contributed by atoms with Gasteiger partial charge in [-0.15, -0.1) is 0 Å². The van der Waals surface area contributed by atoms with Crippen LogP contribution < -0.4 is 4.74 Å². The molecule has 0 radical (unpaired) electrons. The van der Waals surface area contributed by atoms with E-state index in [-0.39, 0.29) is 6.09 Å². The first-order chi connectivity index (χ1) is 11.9. The van der Waals surface area contributed by atoms with E-state index in [2.05, 4.69) is 9.97 Å². The predicted octanol–water partition coefficient (Wildman–Crippen LogP) is 3.60. The summed E-state index contributed by atoms with van der Waals surface area (Å²) in [5.41, 5.74) is -0.454. The van der Waals surface area contributed by atoms with E-state index in [0.29, 0.717) is 24.4 Å². The van der Waals surface area contributed by atoms with Crippen LogP contribution in [0.4, 0.5) is 4.79 Å². The summed E-state index contributed by atoms with van der Waals surface area (Å²) in [7, 11) is 0. The Kier molecular flexibility index (Phi) is 5.45. The second kappa shape index (κ2) is 7.58. The third-order valence-corrected chi connectivity index (χ3v) is 4.68. The molecule has 25 heavy (non-hydrogen) atoms. The molecule has 6 nitrogen and oxygen atoms in total. The van der Waals surface area contributed by atoms with Crippen LogP contribution in [0.5, 0.6) is 5.88 Å². The normalized spacial score (nSPS) is 21.6. The maximum absolute atomic E-state index is 12.2. The van der Waals surface area contributed by atoms with Crippen molar-refractivity contribution < 1.29 is 14.3 Å². The van der Waals surface area contributed by atoms with Crippen LogP contribution in [0.25, 0.3) is 0 Å². The fourth-order valence-corrected chi connectivity index (χ4v) is 3.47. The minimum absolute atomic E-state index is 0.228. The van der Waals surface area contributed by atoms with Crippen molar-refractivity contribution in [1.82, 2.24) is 14.9 Å². The second-order valence-corrected chi connectivity index (χ2v) is 8.12. The molecule has 1 atom stereocenters. The first-order valence-electron chi connectivity index (χ1n) is 9.35. The molecule has 2 fully saturated rings. The van der Waals surface area contributed by atoms with Gasteiger partial charge in [0.15, 0.2) is 0 Å². The lowest BCUT2D eigenvalue weighted by Crippen LogP contribution is -2.35. The molecule has 1 aliphatic heterocycles. The Morgan fingerprint density at radius 2 is 2.04 bits per heavy atom. The van der Waals surface area contributed by atoms with E-state index in [9.17, 15) is 4.79 Å². The first kappa shape index (κ1) is 18.0. The van der Waals surface area contributed by atoms with Crippen LogP contribution >= 0.6 is 0 Å². The van der Waals surface area contributed by atoms with Crippen LogP contribution in [0, 0.1) is 5.92 Å². The highest BCUT2D eigenvalue weighted by Gasteiger charge is 2.30. The highest BCUT2D eigenvalue weighted by Crippen LogP contribution is 2.24. The van der Waals surface area contributed by atoms with Gasteiger partial charge in [0.2, 0.25) is 5.88 Å². The maximum Gasteiger partial charge on any atom is 0.410 e. The molecule has 1 aliphatic carbocycles. The van der Waals surface area contributed by atoms with Crippen molar-refractivity contribution >= 4 is 6.09 Å². The van der Waals surface area contributed by atoms with Crippen molar-refractivity contribution in [3.63, 3.8) is 0 Å². The minimum Gasteiger partial charge on any atom is -0.474 e. The third kappa shape index (κ3) is 5.31. The Bertz CT molecular complexity index is 594.